The van der Waals surface area contributed by atoms with Gasteiger partial charge in [-0.15, -0.1) is 0 Å². The van der Waals surface area contributed by atoms with E-state index in [1.807, 2.05) is 45.9 Å². The lowest BCUT2D eigenvalue weighted by Gasteiger charge is -2.31. The molecule has 5 rings (SSSR count). The Balaban J connectivity index is 1.30. The number of anilines is 1. The van der Waals surface area contributed by atoms with Crippen LogP contribution in [0.15, 0.2) is 71.7 Å². The third-order valence-electron chi connectivity index (χ3n) is 5.53. The Morgan fingerprint density at radius 1 is 1.17 bits per heavy atom. The van der Waals surface area contributed by atoms with Crippen LogP contribution in [0.25, 0.3) is 5.65 Å². The van der Waals surface area contributed by atoms with E-state index in [2.05, 4.69) is 17.4 Å². The van der Waals surface area contributed by atoms with Crippen molar-refractivity contribution in [1.82, 2.24) is 19.5 Å². The molecule has 1 N–H and O–H groups in total. The van der Waals surface area contributed by atoms with E-state index >= 15 is 0 Å². The number of aromatic nitrogens is 3. The summed E-state index contributed by atoms with van der Waals surface area (Å²) in [6.07, 6.45) is 6.91. The number of nitrogens with one attached hydrogen (secondary N) is 1. The molecule has 0 aliphatic carbocycles. The van der Waals surface area contributed by atoms with Gasteiger partial charge in [0.1, 0.15) is 6.26 Å². The fourth-order valence-corrected chi connectivity index (χ4v) is 3.92. The van der Waals surface area contributed by atoms with Crippen molar-refractivity contribution in [2.75, 3.05) is 18.4 Å². The zero-order valence-corrected chi connectivity index (χ0v) is 16.6. The summed E-state index contributed by atoms with van der Waals surface area (Å²) in [5.41, 5.74) is 3.62. The SMILES string of the molecule is O=C(c1ccoc1)N1CCC[C@@H](c2nc3ccc(NCc4ccccc4)cn3n2)C1. The molecule has 0 spiro atoms. The molecule has 4 heterocycles. The molecule has 1 aliphatic heterocycles. The maximum absolute atomic E-state index is 12.7. The molecule has 30 heavy (non-hydrogen) atoms. The molecule has 0 saturated carbocycles. The summed E-state index contributed by atoms with van der Waals surface area (Å²) >= 11 is 0. The van der Waals surface area contributed by atoms with Gasteiger partial charge in [-0.05, 0) is 36.6 Å². The average Bonchev–Trinajstić information content (AvgIpc) is 3.48. The van der Waals surface area contributed by atoms with Gasteiger partial charge in [-0.3, -0.25) is 4.79 Å². The zero-order valence-electron chi connectivity index (χ0n) is 16.6. The second-order valence-electron chi connectivity index (χ2n) is 7.63. The van der Waals surface area contributed by atoms with Crippen molar-refractivity contribution < 1.29 is 9.21 Å². The van der Waals surface area contributed by atoms with Gasteiger partial charge in [0.05, 0.1) is 23.7 Å². The number of carbonyl (C=O) groups excluding carboxylic acids is 1. The molecule has 7 heteroatoms. The number of furan rings is 1. The first kappa shape index (κ1) is 18.4. The van der Waals surface area contributed by atoms with Crippen molar-refractivity contribution in [1.29, 1.82) is 0 Å². The molecule has 1 saturated heterocycles. The fraction of sp³-hybridized carbons (Fsp3) is 0.261. The summed E-state index contributed by atoms with van der Waals surface area (Å²) in [4.78, 5) is 19.2. The molecular weight excluding hydrogens is 378 g/mol. The summed E-state index contributed by atoms with van der Waals surface area (Å²) in [5.74, 6) is 0.930. The number of likely N-dealkylation sites (tertiary alicyclic amines) is 1. The quantitative estimate of drug-likeness (QED) is 0.548. The lowest BCUT2D eigenvalue weighted by Crippen LogP contribution is -2.39. The van der Waals surface area contributed by atoms with E-state index in [4.69, 9.17) is 14.5 Å². The van der Waals surface area contributed by atoms with Crippen LogP contribution >= 0.6 is 0 Å². The van der Waals surface area contributed by atoms with E-state index < -0.39 is 0 Å². The van der Waals surface area contributed by atoms with Crippen molar-refractivity contribution >= 4 is 17.2 Å². The van der Waals surface area contributed by atoms with Crippen molar-refractivity contribution in [3.8, 4) is 0 Å². The van der Waals surface area contributed by atoms with E-state index in [1.165, 1.54) is 18.1 Å². The van der Waals surface area contributed by atoms with Crippen LogP contribution in [0.4, 0.5) is 5.69 Å². The smallest absolute Gasteiger partial charge is 0.257 e. The molecule has 152 valence electrons. The molecule has 4 aromatic rings. The number of hydrogen-bond acceptors (Lipinski definition) is 5. The highest BCUT2D eigenvalue weighted by molar-refractivity contribution is 5.93. The fourth-order valence-electron chi connectivity index (χ4n) is 3.92. The number of hydrogen-bond donors (Lipinski definition) is 1. The first-order valence-electron chi connectivity index (χ1n) is 10.2. The van der Waals surface area contributed by atoms with E-state index in [9.17, 15) is 4.79 Å². The van der Waals surface area contributed by atoms with Gasteiger partial charge in [0.25, 0.3) is 5.91 Å². The first-order chi connectivity index (χ1) is 14.8. The minimum Gasteiger partial charge on any atom is -0.472 e. The number of pyridine rings is 1. The van der Waals surface area contributed by atoms with Crippen LogP contribution in [0, 0.1) is 0 Å². The molecule has 1 aromatic carbocycles. The number of rotatable bonds is 5. The van der Waals surface area contributed by atoms with Gasteiger partial charge in [0.2, 0.25) is 0 Å². The molecule has 1 amide bonds. The first-order valence-corrected chi connectivity index (χ1v) is 10.2. The Morgan fingerprint density at radius 3 is 2.90 bits per heavy atom. The number of piperidine rings is 1. The van der Waals surface area contributed by atoms with E-state index in [1.54, 1.807) is 6.07 Å². The molecule has 0 bridgehead atoms. The summed E-state index contributed by atoms with van der Waals surface area (Å²) in [6.45, 7) is 2.13. The molecule has 7 nitrogen and oxygen atoms in total. The monoisotopic (exact) mass is 401 g/mol. The zero-order chi connectivity index (χ0) is 20.3. The van der Waals surface area contributed by atoms with Crippen LogP contribution in [0.3, 0.4) is 0 Å². The minimum absolute atomic E-state index is 0.00427. The van der Waals surface area contributed by atoms with Gasteiger partial charge < -0.3 is 14.6 Å². The van der Waals surface area contributed by atoms with Crippen LogP contribution in [0.2, 0.25) is 0 Å². The Hall–Kier alpha value is -3.61. The number of fused-ring (bicyclic) bond motifs is 1. The predicted molar refractivity (Wildman–Crippen MR) is 113 cm³/mol. The van der Waals surface area contributed by atoms with Crippen molar-refractivity contribution in [3.63, 3.8) is 0 Å². The van der Waals surface area contributed by atoms with E-state index in [-0.39, 0.29) is 11.8 Å². The third-order valence-corrected chi connectivity index (χ3v) is 5.53. The van der Waals surface area contributed by atoms with Gasteiger partial charge in [-0.2, -0.15) is 5.10 Å². The Morgan fingerprint density at radius 2 is 2.07 bits per heavy atom. The van der Waals surface area contributed by atoms with Crippen molar-refractivity contribution in [3.05, 3.63) is 84.2 Å². The highest BCUT2D eigenvalue weighted by Gasteiger charge is 2.28. The number of benzene rings is 1. The van der Waals surface area contributed by atoms with Crippen LogP contribution in [0.5, 0.6) is 0 Å². The lowest BCUT2D eigenvalue weighted by molar-refractivity contribution is 0.0704. The van der Waals surface area contributed by atoms with Crippen LogP contribution in [0.1, 0.15) is 40.5 Å². The highest BCUT2D eigenvalue weighted by atomic mass is 16.3. The summed E-state index contributed by atoms with van der Waals surface area (Å²) in [5, 5.41) is 8.15. The number of nitrogens with zero attached hydrogens (tertiary/aromatic N) is 4. The number of amides is 1. The normalized spacial score (nSPS) is 16.7. The summed E-state index contributed by atoms with van der Waals surface area (Å²) < 4.78 is 6.87. The molecule has 1 atom stereocenters. The molecule has 1 fully saturated rings. The molecule has 3 aromatic heterocycles. The van der Waals surface area contributed by atoms with Gasteiger partial charge in [-0.25, -0.2) is 9.50 Å². The minimum atomic E-state index is 0.00427. The van der Waals surface area contributed by atoms with Crippen LogP contribution < -0.4 is 5.32 Å². The van der Waals surface area contributed by atoms with E-state index in [0.29, 0.717) is 12.1 Å². The second kappa shape index (κ2) is 8.02. The Bertz CT molecular complexity index is 1140. The molecule has 0 unspecified atom stereocenters. The lowest BCUT2D eigenvalue weighted by atomic mass is 9.97. The predicted octanol–water partition coefficient (Wildman–Crippen LogP) is 3.95. The third kappa shape index (κ3) is 3.78. The summed E-state index contributed by atoms with van der Waals surface area (Å²) in [6, 6.07) is 16.0. The molecular formula is C23H23N5O2. The van der Waals surface area contributed by atoms with E-state index in [0.717, 1.165) is 43.1 Å². The molecule has 0 radical (unpaired) electrons. The van der Waals surface area contributed by atoms with Crippen LogP contribution in [-0.2, 0) is 6.54 Å². The van der Waals surface area contributed by atoms with Crippen molar-refractivity contribution in [2.24, 2.45) is 0 Å². The van der Waals surface area contributed by atoms with Crippen LogP contribution in [-0.4, -0.2) is 38.5 Å². The van der Waals surface area contributed by atoms with Crippen molar-refractivity contribution in [2.45, 2.75) is 25.3 Å². The Kier molecular flexibility index (Phi) is 4.93. The Labute approximate surface area is 174 Å². The summed E-state index contributed by atoms with van der Waals surface area (Å²) in [7, 11) is 0. The second-order valence-corrected chi connectivity index (χ2v) is 7.63. The van der Waals surface area contributed by atoms with Gasteiger partial charge >= 0.3 is 0 Å². The highest BCUT2D eigenvalue weighted by Crippen LogP contribution is 2.26. The maximum atomic E-state index is 12.7. The standard InChI is InChI=1S/C23H23N5O2/c29-23(19-10-12-30-16-19)27-11-4-7-18(14-27)22-25-21-9-8-20(15-28(21)26-22)24-13-17-5-2-1-3-6-17/h1-3,5-6,8-10,12,15-16,18,24H,4,7,11,13-14H2/t18-/m1/s1. The maximum Gasteiger partial charge on any atom is 0.257 e. The van der Waals surface area contributed by atoms with Gasteiger partial charge in [0.15, 0.2) is 11.5 Å². The average molecular weight is 401 g/mol. The number of carbonyl (C=O) groups is 1. The topological polar surface area (TPSA) is 75.7 Å². The van der Waals surface area contributed by atoms with Gasteiger partial charge in [0, 0.05) is 25.6 Å². The van der Waals surface area contributed by atoms with Gasteiger partial charge in [-0.1, -0.05) is 30.3 Å². The largest absolute Gasteiger partial charge is 0.472 e. The molecule has 1 aliphatic rings.